The summed E-state index contributed by atoms with van der Waals surface area (Å²) in [6.07, 6.45) is 3.68. The Labute approximate surface area is 117 Å². The zero-order valence-electron chi connectivity index (χ0n) is 10.7. The van der Waals surface area contributed by atoms with Gasteiger partial charge in [-0.2, -0.15) is 0 Å². The highest BCUT2D eigenvalue weighted by molar-refractivity contribution is 9.10. The second-order valence-electron chi connectivity index (χ2n) is 5.45. The molecule has 0 radical (unpaired) electrons. The molecule has 3 heteroatoms. The molecule has 1 aromatic rings. The lowest BCUT2D eigenvalue weighted by molar-refractivity contribution is 0.0506. The molecule has 98 valence electrons. The number of fused-ring (bicyclic) bond motifs is 1. The monoisotopic (exact) mass is 309 g/mol. The van der Waals surface area contributed by atoms with Crippen molar-refractivity contribution in [3.8, 4) is 0 Å². The van der Waals surface area contributed by atoms with Crippen molar-refractivity contribution in [3.63, 3.8) is 0 Å². The van der Waals surface area contributed by atoms with Crippen molar-refractivity contribution < 1.29 is 4.74 Å². The van der Waals surface area contributed by atoms with E-state index in [2.05, 4.69) is 39.0 Å². The summed E-state index contributed by atoms with van der Waals surface area (Å²) in [7, 11) is 0. The van der Waals surface area contributed by atoms with Gasteiger partial charge in [0.05, 0.1) is 0 Å². The zero-order valence-corrected chi connectivity index (χ0v) is 12.3. The van der Waals surface area contributed by atoms with Gasteiger partial charge < -0.3 is 4.74 Å². The fraction of sp³-hybridized carbons (Fsp3) is 0.600. The lowest BCUT2D eigenvalue weighted by Gasteiger charge is -2.33. The van der Waals surface area contributed by atoms with Crippen LogP contribution in [0, 0.1) is 5.92 Å². The molecular formula is C15H20BrNO. The highest BCUT2D eigenvalue weighted by Crippen LogP contribution is 2.25. The van der Waals surface area contributed by atoms with E-state index in [-0.39, 0.29) is 0 Å². The molecule has 0 N–H and O–H groups in total. The Morgan fingerprint density at radius 2 is 2.06 bits per heavy atom. The summed E-state index contributed by atoms with van der Waals surface area (Å²) in [4.78, 5) is 2.62. The maximum atomic E-state index is 5.44. The van der Waals surface area contributed by atoms with Crippen LogP contribution in [0.3, 0.4) is 0 Å². The van der Waals surface area contributed by atoms with Crippen molar-refractivity contribution in [2.45, 2.75) is 25.8 Å². The molecule has 1 saturated heterocycles. The molecule has 0 saturated carbocycles. The van der Waals surface area contributed by atoms with E-state index in [1.807, 2.05) is 0 Å². The van der Waals surface area contributed by atoms with Crippen LogP contribution in [-0.2, 0) is 17.7 Å². The molecule has 0 aromatic heterocycles. The Balaban J connectivity index is 1.63. The third-order valence-electron chi connectivity index (χ3n) is 4.12. The maximum Gasteiger partial charge on any atom is 0.0469 e. The number of ether oxygens (including phenoxy) is 1. The Bertz CT molecular complexity index is 415. The van der Waals surface area contributed by atoms with E-state index in [0.29, 0.717) is 0 Å². The minimum Gasteiger partial charge on any atom is -0.381 e. The average molecular weight is 310 g/mol. The summed E-state index contributed by atoms with van der Waals surface area (Å²) in [6.45, 7) is 5.49. The van der Waals surface area contributed by atoms with Crippen LogP contribution in [0.1, 0.15) is 24.0 Å². The smallest absolute Gasteiger partial charge is 0.0469 e. The molecule has 1 aromatic carbocycles. The fourth-order valence-electron chi connectivity index (χ4n) is 3.03. The standard InChI is InChI=1S/C15H20BrNO/c16-15-2-1-13-3-6-17(11-14(13)9-15)10-12-4-7-18-8-5-12/h1-2,9,12H,3-8,10-11H2. The van der Waals surface area contributed by atoms with Gasteiger partial charge >= 0.3 is 0 Å². The van der Waals surface area contributed by atoms with Crippen LogP contribution in [0.25, 0.3) is 0 Å². The van der Waals surface area contributed by atoms with Gasteiger partial charge in [0.2, 0.25) is 0 Å². The average Bonchev–Trinajstić information content (AvgIpc) is 2.39. The SMILES string of the molecule is Brc1ccc2c(c1)CN(CC1CCOCC1)CC2. The van der Waals surface area contributed by atoms with E-state index in [9.17, 15) is 0 Å². The second kappa shape index (κ2) is 5.72. The Kier molecular flexibility index (Phi) is 4.02. The molecule has 0 spiro atoms. The molecular weight excluding hydrogens is 290 g/mol. The number of rotatable bonds is 2. The van der Waals surface area contributed by atoms with Crippen molar-refractivity contribution >= 4 is 15.9 Å². The Hall–Kier alpha value is -0.380. The van der Waals surface area contributed by atoms with Gasteiger partial charge in [0.25, 0.3) is 0 Å². The Morgan fingerprint density at radius 3 is 2.89 bits per heavy atom. The van der Waals surface area contributed by atoms with E-state index in [4.69, 9.17) is 4.74 Å². The minimum absolute atomic E-state index is 0.840. The van der Waals surface area contributed by atoms with Crippen LogP contribution >= 0.6 is 15.9 Å². The molecule has 2 aliphatic heterocycles. The second-order valence-corrected chi connectivity index (χ2v) is 6.37. The number of nitrogens with zero attached hydrogens (tertiary/aromatic N) is 1. The molecule has 0 atom stereocenters. The fourth-order valence-corrected chi connectivity index (χ4v) is 3.44. The largest absolute Gasteiger partial charge is 0.381 e. The van der Waals surface area contributed by atoms with E-state index in [1.54, 1.807) is 0 Å². The first kappa shape index (κ1) is 12.6. The molecule has 2 aliphatic rings. The molecule has 3 rings (SSSR count). The molecule has 2 heterocycles. The minimum atomic E-state index is 0.840. The van der Waals surface area contributed by atoms with Gasteiger partial charge in [0.15, 0.2) is 0 Å². The highest BCUT2D eigenvalue weighted by Gasteiger charge is 2.21. The molecule has 18 heavy (non-hydrogen) atoms. The molecule has 0 unspecified atom stereocenters. The number of hydrogen-bond donors (Lipinski definition) is 0. The molecule has 2 nitrogen and oxygen atoms in total. The summed E-state index contributed by atoms with van der Waals surface area (Å²) < 4.78 is 6.64. The number of benzene rings is 1. The van der Waals surface area contributed by atoms with E-state index in [1.165, 1.54) is 48.0 Å². The quantitative estimate of drug-likeness (QED) is 0.831. The van der Waals surface area contributed by atoms with Crippen LogP contribution in [-0.4, -0.2) is 31.2 Å². The van der Waals surface area contributed by atoms with Crippen LogP contribution in [0.5, 0.6) is 0 Å². The van der Waals surface area contributed by atoms with E-state index in [0.717, 1.165) is 25.7 Å². The van der Waals surface area contributed by atoms with Crippen LogP contribution in [0.4, 0.5) is 0 Å². The van der Waals surface area contributed by atoms with Crippen molar-refractivity contribution in [2.75, 3.05) is 26.3 Å². The van der Waals surface area contributed by atoms with Crippen molar-refractivity contribution in [2.24, 2.45) is 5.92 Å². The first-order chi connectivity index (χ1) is 8.81. The van der Waals surface area contributed by atoms with Gasteiger partial charge in [0.1, 0.15) is 0 Å². The third kappa shape index (κ3) is 2.95. The summed E-state index contributed by atoms with van der Waals surface area (Å²) in [6, 6.07) is 6.71. The van der Waals surface area contributed by atoms with Crippen LogP contribution < -0.4 is 0 Å². The van der Waals surface area contributed by atoms with Crippen LogP contribution in [0.15, 0.2) is 22.7 Å². The van der Waals surface area contributed by atoms with Gasteiger partial charge in [-0.25, -0.2) is 0 Å². The first-order valence-electron chi connectivity index (χ1n) is 6.88. The lowest BCUT2D eigenvalue weighted by Crippen LogP contribution is -2.36. The van der Waals surface area contributed by atoms with Gasteiger partial charge in [-0.1, -0.05) is 22.0 Å². The number of hydrogen-bond acceptors (Lipinski definition) is 2. The lowest BCUT2D eigenvalue weighted by atomic mass is 9.96. The summed E-state index contributed by atoms with van der Waals surface area (Å²) in [5.74, 6) is 0.840. The first-order valence-corrected chi connectivity index (χ1v) is 7.68. The topological polar surface area (TPSA) is 12.5 Å². The normalized spacial score (nSPS) is 21.8. The molecule has 0 aliphatic carbocycles. The molecule has 0 amide bonds. The predicted octanol–water partition coefficient (Wildman–Crippen LogP) is 3.23. The summed E-state index contributed by atoms with van der Waals surface area (Å²) in [5, 5.41) is 0. The van der Waals surface area contributed by atoms with Gasteiger partial charge in [-0.3, -0.25) is 4.90 Å². The third-order valence-corrected chi connectivity index (χ3v) is 4.61. The highest BCUT2D eigenvalue weighted by atomic mass is 79.9. The van der Waals surface area contributed by atoms with Crippen LogP contribution in [0.2, 0.25) is 0 Å². The van der Waals surface area contributed by atoms with E-state index >= 15 is 0 Å². The van der Waals surface area contributed by atoms with Gasteiger partial charge in [0, 0.05) is 37.3 Å². The van der Waals surface area contributed by atoms with Gasteiger partial charge in [-0.05, 0) is 48.4 Å². The molecule has 0 bridgehead atoms. The maximum absolute atomic E-state index is 5.44. The van der Waals surface area contributed by atoms with Crippen molar-refractivity contribution in [1.82, 2.24) is 4.90 Å². The van der Waals surface area contributed by atoms with Crippen molar-refractivity contribution in [1.29, 1.82) is 0 Å². The van der Waals surface area contributed by atoms with Gasteiger partial charge in [-0.15, -0.1) is 0 Å². The molecule has 1 fully saturated rings. The summed E-state index contributed by atoms with van der Waals surface area (Å²) >= 11 is 3.57. The van der Waals surface area contributed by atoms with E-state index < -0.39 is 0 Å². The number of halogens is 1. The van der Waals surface area contributed by atoms with Crippen molar-refractivity contribution in [3.05, 3.63) is 33.8 Å². The summed E-state index contributed by atoms with van der Waals surface area (Å²) in [5.41, 5.74) is 3.03. The Morgan fingerprint density at radius 1 is 1.22 bits per heavy atom. The predicted molar refractivity (Wildman–Crippen MR) is 76.7 cm³/mol. The zero-order chi connectivity index (χ0) is 12.4.